The van der Waals surface area contributed by atoms with Crippen molar-refractivity contribution in [3.05, 3.63) is 99.3 Å². The number of piperazine rings is 1. The maximum atomic E-state index is 15.2. The summed E-state index contributed by atoms with van der Waals surface area (Å²) in [6, 6.07) is 21.4. The largest absolute Gasteiger partial charge is 0.497 e. The molecule has 2 aliphatic heterocycles. The normalized spacial score (nSPS) is 18.1. The molecule has 0 saturated carbocycles. The predicted octanol–water partition coefficient (Wildman–Crippen LogP) is 4.62. The van der Waals surface area contributed by atoms with Crippen molar-refractivity contribution in [1.82, 2.24) is 15.2 Å². The van der Waals surface area contributed by atoms with E-state index in [1.807, 2.05) is 25.1 Å². The molecule has 1 unspecified atom stereocenters. The van der Waals surface area contributed by atoms with Crippen molar-refractivity contribution in [2.45, 2.75) is 23.9 Å². The fraction of sp³-hybridized carbons (Fsp3) is 0.314. The summed E-state index contributed by atoms with van der Waals surface area (Å²) < 4.78 is 47.7. The van der Waals surface area contributed by atoms with Crippen LogP contribution in [0.25, 0.3) is 0 Å². The maximum absolute atomic E-state index is 15.2. The Morgan fingerprint density at radius 2 is 1.73 bits per heavy atom. The molecule has 3 heterocycles. The number of hydrogen-bond acceptors (Lipinski definition) is 10. The average Bonchev–Trinajstić information content (AvgIpc) is 3.35. The minimum Gasteiger partial charge on any atom is -0.497 e. The summed E-state index contributed by atoms with van der Waals surface area (Å²) in [5.41, 5.74) is 1.46. The van der Waals surface area contributed by atoms with Gasteiger partial charge in [-0.3, -0.25) is 10.1 Å². The third-order valence-electron chi connectivity index (χ3n) is 8.77. The number of anilines is 2. The van der Waals surface area contributed by atoms with Crippen molar-refractivity contribution in [1.29, 1.82) is 0 Å². The molecule has 0 bridgehead atoms. The van der Waals surface area contributed by atoms with Crippen LogP contribution in [0.5, 0.6) is 17.4 Å². The Kier molecular flexibility index (Phi) is 9.83. The van der Waals surface area contributed by atoms with E-state index in [1.54, 1.807) is 30.5 Å². The summed E-state index contributed by atoms with van der Waals surface area (Å²) in [7, 11) is 0.476. The van der Waals surface area contributed by atoms with Crippen LogP contribution in [0.2, 0.25) is 0 Å². The third kappa shape index (κ3) is 6.08. The van der Waals surface area contributed by atoms with Crippen molar-refractivity contribution in [2.24, 2.45) is 0 Å². The van der Waals surface area contributed by atoms with Gasteiger partial charge in [-0.15, -0.1) is 0 Å². The van der Waals surface area contributed by atoms with Gasteiger partial charge in [-0.05, 0) is 96.7 Å². The molecule has 0 radical (unpaired) electrons. The zero-order valence-electron chi connectivity index (χ0n) is 27.3. The first-order valence-corrected chi connectivity index (χ1v) is 18.1. The number of sulfonamides is 1. The Morgan fingerprint density at radius 1 is 0.938 bits per heavy atom. The molecule has 0 spiro atoms. The van der Waals surface area contributed by atoms with Crippen molar-refractivity contribution < 1.29 is 27.4 Å². The van der Waals surface area contributed by atoms with E-state index in [4.69, 9.17) is 14.2 Å². The van der Waals surface area contributed by atoms with Gasteiger partial charge in [0.15, 0.2) is 5.54 Å². The molecule has 3 aromatic carbocycles. The van der Waals surface area contributed by atoms with Gasteiger partial charge in [-0.25, -0.2) is 17.7 Å². The second kappa shape index (κ2) is 13.9. The number of nitrogens with zero attached hydrogens (tertiary/aromatic N) is 4. The zero-order chi connectivity index (χ0) is 34.1. The number of methoxy groups -OCH3 is 2. The number of hydrogen-bond donors (Lipinski definition) is 1. The Balaban J connectivity index is 1.50. The third-order valence-corrected chi connectivity index (χ3v) is 11.2. The number of rotatable bonds is 11. The van der Waals surface area contributed by atoms with E-state index in [2.05, 4.69) is 61.9 Å². The standard InChI is InChI=1S/C35H38IN5O6S/c1-5-47-33-28(10-7-15-37-33)35(38-23-24-8-6-9-26(20-24)40-18-16-39(2)17-19-40)29-21-25(36)11-13-30(29)41(34(35)42)48(43,44)32-14-12-27(45-3)22-31(32)46-4/h6-15,20-22,38H,5,16-19,23H2,1-4H3. The van der Waals surface area contributed by atoms with Crippen molar-refractivity contribution >= 4 is 49.9 Å². The molecule has 2 aliphatic rings. The molecular weight excluding hydrogens is 745 g/mol. The fourth-order valence-corrected chi connectivity index (χ4v) is 8.40. The Bertz CT molecular complexity index is 1930. The smallest absolute Gasteiger partial charge is 0.274 e. The van der Waals surface area contributed by atoms with Gasteiger partial charge < -0.3 is 24.0 Å². The summed E-state index contributed by atoms with van der Waals surface area (Å²) in [5.74, 6) is -0.00326. The topological polar surface area (TPSA) is 114 Å². The number of nitrogens with one attached hydrogen (secondary N) is 1. The lowest BCUT2D eigenvalue weighted by Crippen LogP contribution is -2.52. The molecule has 0 aliphatic carbocycles. The quantitative estimate of drug-likeness (QED) is 0.217. The van der Waals surface area contributed by atoms with E-state index in [-0.39, 0.29) is 28.8 Å². The molecule has 1 saturated heterocycles. The van der Waals surface area contributed by atoms with Gasteiger partial charge in [0.1, 0.15) is 16.4 Å². The molecule has 1 atom stereocenters. The first-order chi connectivity index (χ1) is 23.1. The van der Waals surface area contributed by atoms with E-state index in [0.717, 1.165) is 45.3 Å². The first-order valence-electron chi connectivity index (χ1n) is 15.6. The number of halogens is 1. The first kappa shape index (κ1) is 34.0. The van der Waals surface area contributed by atoms with Crippen molar-refractivity contribution in [3.63, 3.8) is 0 Å². The summed E-state index contributed by atoms with van der Waals surface area (Å²) in [6.07, 6.45) is 1.59. The minimum atomic E-state index is -4.51. The molecule has 1 N–H and O–H groups in total. The van der Waals surface area contributed by atoms with Crippen LogP contribution in [0, 0.1) is 3.57 Å². The maximum Gasteiger partial charge on any atom is 0.274 e. The highest BCUT2D eigenvalue weighted by Gasteiger charge is 2.57. The van der Waals surface area contributed by atoms with Gasteiger partial charge in [0.2, 0.25) is 5.88 Å². The second-order valence-electron chi connectivity index (χ2n) is 11.6. The molecule has 6 rings (SSSR count). The van der Waals surface area contributed by atoms with E-state index >= 15 is 4.79 Å². The van der Waals surface area contributed by atoms with Gasteiger partial charge >= 0.3 is 0 Å². The summed E-state index contributed by atoms with van der Waals surface area (Å²) in [5, 5.41) is 3.54. The minimum absolute atomic E-state index is 0.0526. The zero-order valence-corrected chi connectivity index (χ0v) is 30.2. The molecule has 4 aromatic rings. The second-order valence-corrected chi connectivity index (χ2v) is 14.6. The van der Waals surface area contributed by atoms with Crippen LogP contribution in [0.4, 0.5) is 11.4 Å². The van der Waals surface area contributed by atoms with Crippen LogP contribution >= 0.6 is 22.6 Å². The number of carbonyl (C=O) groups excluding carboxylic acids is 1. The van der Waals surface area contributed by atoms with Crippen LogP contribution in [0.1, 0.15) is 23.6 Å². The Morgan fingerprint density at radius 3 is 2.46 bits per heavy atom. The molecule has 11 nitrogen and oxygen atoms in total. The van der Waals surface area contributed by atoms with Gasteiger partial charge in [-0.2, -0.15) is 0 Å². The molecule has 13 heteroatoms. The lowest BCUT2D eigenvalue weighted by atomic mass is 9.84. The van der Waals surface area contributed by atoms with E-state index in [9.17, 15) is 8.42 Å². The lowest BCUT2D eigenvalue weighted by molar-refractivity contribution is -0.121. The predicted molar refractivity (Wildman–Crippen MR) is 193 cm³/mol. The number of carbonyl (C=O) groups is 1. The van der Waals surface area contributed by atoms with Crippen molar-refractivity contribution in [2.75, 3.05) is 63.3 Å². The van der Waals surface area contributed by atoms with Gasteiger partial charge in [-0.1, -0.05) is 12.1 Å². The highest BCUT2D eigenvalue weighted by Crippen LogP contribution is 2.50. The molecule has 48 heavy (non-hydrogen) atoms. The number of fused-ring (bicyclic) bond motifs is 1. The Hall–Kier alpha value is -3.92. The number of benzene rings is 3. The van der Waals surface area contributed by atoms with Crippen LogP contribution in [0.15, 0.2) is 83.9 Å². The lowest BCUT2D eigenvalue weighted by Gasteiger charge is -2.34. The molecule has 1 aromatic heterocycles. The number of aromatic nitrogens is 1. The monoisotopic (exact) mass is 783 g/mol. The molecule has 1 amide bonds. The van der Waals surface area contributed by atoms with Crippen LogP contribution in [0.3, 0.4) is 0 Å². The van der Waals surface area contributed by atoms with Gasteiger partial charge in [0.25, 0.3) is 15.9 Å². The van der Waals surface area contributed by atoms with Gasteiger partial charge in [0.05, 0.1) is 26.5 Å². The van der Waals surface area contributed by atoms with Crippen LogP contribution in [-0.4, -0.2) is 78.3 Å². The number of pyridine rings is 1. The van der Waals surface area contributed by atoms with Gasteiger partial charge in [0, 0.05) is 65.4 Å². The number of amides is 1. The summed E-state index contributed by atoms with van der Waals surface area (Å²) in [4.78, 5) is 24.2. The van der Waals surface area contributed by atoms with Crippen molar-refractivity contribution in [3.8, 4) is 17.4 Å². The highest BCUT2D eigenvalue weighted by atomic mass is 127. The van der Waals surface area contributed by atoms with Crippen LogP contribution < -0.4 is 28.7 Å². The van der Waals surface area contributed by atoms with E-state index in [1.165, 1.54) is 32.4 Å². The number of likely N-dealkylation sites (N-methyl/N-ethyl adjacent to an activating group) is 1. The average molecular weight is 784 g/mol. The Labute approximate surface area is 295 Å². The molecular formula is C35H38IN5O6S. The SMILES string of the molecule is CCOc1ncccc1C1(NCc2cccc(N3CCN(C)CC3)c2)C(=O)N(S(=O)(=O)c2ccc(OC)cc2OC)c2ccc(I)cc21. The van der Waals surface area contributed by atoms with Crippen LogP contribution in [-0.2, 0) is 26.9 Å². The van der Waals surface area contributed by atoms with E-state index in [0.29, 0.717) is 23.5 Å². The highest BCUT2D eigenvalue weighted by molar-refractivity contribution is 14.1. The summed E-state index contributed by atoms with van der Waals surface area (Å²) >= 11 is 2.17. The molecule has 1 fully saturated rings. The molecule has 252 valence electrons. The fourth-order valence-electron chi connectivity index (χ4n) is 6.30. The summed E-state index contributed by atoms with van der Waals surface area (Å²) in [6.45, 7) is 6.15. The number of ether oxygens (including phenoxy) is 3. The van der Waals surface area contributed by atoms with E-state index < -0.39 is 21.5 Å².